The van der Waals surface area contributed by atoms with Crippen molar-refractivity contribution in [3.63, 3.8) is 0 Å². The van der Waals surface area contributed by atoms with Crippen LogP contribution in [-0.2, 0) is 13.6 Å². The average molecular weight is 276 g/mol. The standard InChI is InChI=1S/C14H20N4S/c1-17(2)14-16-10-12(18(14)3)9-15-11-5-7-13(19-4)8-6-11/h5-8,10,15H,9H2,1-4H3. The normalized spacial score (nSPS) is 10.5. The number of hydrogen-bond donors (Lipinski definition) is 1. The molecular weight excluding hydrogens is 256 g/mol. The molecule has 0 spiro atoms. The van der Waals surface area contributed by atoms with Crippen LogP contribution in [0.5, 0.6) is 0 Å². The maximum absolute atomic E-state index is 4.40. The number of aromatic nitrogens is 2. The van der Waals surface area contributed by atoms with Crippen LogP contribution in [0, 0.1) is 0 Å². The average Bonchev–Trinajstić information content (AvgIpc) is 2.78. The third-order valence-electron chi connectivity index (χ3n) is 3.02. The molecule has 5 heteroatoms. The quantitative estimate of drug-likeness (QED) is 0.851. The number of hydrogen-bond acceptors (Lipinski definition) is 4. The van der Waals surface area contributed by atoms with Gasteiger partial charge in [-0.3, -0.25) is 0 Å². The highest BCUT2D eigenvalue weighted by Crippen LogP contribution is 2.18. The molecule has 0 amide bonds. The van der Waals surface area contributed by atoms with Crippen molar-refractivity contribution in [3.05, 3.63) is 36.2 Å². The number of thioether (sulfide) groups is 1. The molecule has 0 saturated carbocycles. The van der Waals surface area contributed by atoms with E-state index in [-0.39, 0.29) is 0 Å². The van der Waals surface area contributed by atoms with E-state index in [2.05, 4.69) is 45.4 Å². The molecule has 0 atom stereocenters. The highest BCUT2D eigenvalue weighted by atomic mass is 32.2. The van der Waals surface area contributed by atoms with Crippen LogP contribution in [0.2, 0.25) is 0 Å². The van der Waals surface area contributed by atoms with Crippen molar-refractivity contribution < 1.29 is 0 Å². The minimum absolute atomic E-state index is 0.774. The lowest BCUT2D eigenvalue weighted by Gasteiger charge is -2.13. The van der Waals surface area contributed by atoms with E-state index in [4.69, 9.17) is 0 Å². The van der Waals surface area contributed by atoms with E-state index in [0.29, 0.717) is 0 Å². The minimum Gasteiger partial charge on any atom is -0.379 e. The fourth-order valence-corrected chi connectivity index (χ4v) is 2.32. The first kappa shape index (κ1) is 13.8. The molecule has 0 aliphatic carbocycles. The van der Waals surface area contributed by atoms with Gasteiger partial charge in [-0.05, 0) is 30.5 Å². The van der Waals surface area contributed by atoms with Crippen LogP contribution >= 0.6 is 11.8 Å². The van der Waals surface area contributed by atoms with Gasteiger partial charge < -0.3 is 14.8 Å². The molecule has 0 fully saturated rings. The molecule has 1 aromatic carbocycles. The van der Waals surface area contributed by atoms with Gasteiger partial charge in [0.25, 0.3) is 0 Å². The first-order valence-corrected chi connectivity index (χ1v) is 7.40. The highest BCUT2D eigenvalue weighted by Gasteiger charge is 2.07. The summed E-state index contributed by atoms with van der Waals surface area (Å²) >= 11 is 1.75. The van der Waals surface area contributed by atoms with Gasteiger partial charge in [0.15, 0.2) is 0 Å². The van der Waals surface area contributed by atoms with Gasteiger partial charge in [0, 0.05) is 31.7 Å². The van der Waals surface area contributed by atoms with Crippen LogP contribution in [0.3, 0.4) is 0 Å². The van der Waals surface area contributed by atoms with Crippen LogP contribution in [0.25, 0.3) is 0 Å². The van der Waals surface area contributed by atoms with Crippen LogP contribution in [0.15, 0.2) is 35.4 Å². The van der Waals surface area contributed by atoms with Crippen LogP contribution in [0.4, 0.5) is 11.6 Å². The van der Waals surface area contributed by atoms with Crippen molar-refractivity contribution in [2.24, 2.45) is 7.05 Å². The molecular formula is C14H20N4S. The zero-order valence-electron chi connectivity index (χ0n) is 11.8. The Morgan fingerprint density at radius 2 is 1.95 bits per heavy atom. The van der Waals surface area contributed by atoms with Gasteiger partial charge in [0.2, 0.25) is 5.95 Å². The summed E-state index contributed by atoms with van der Waals surface area (Å²) in [6.07, 6.45) is 4.00. The first-order chi connectivity index (χ1) is 9.11. The summed E-state index contributed by atoms with van der Waals surface area (Å²) in [5, 5.41) is 3.42. The van der Waals surface area contributed by atoms with Crippen molar-refractivity contribution in [2.45, 2.75) is 11.4 Å². The molecule has 1 heterocycles. The second kappa shape index (κ2) is 6.02. The maximum atomic E-state index is 4.40. The minimum atomic E-state index is 0.774. The van der Waals surface area contributed by atoms with Crippen LogP contribution in [0.1, 0.15) is 5.69 Å². The third kappa shape index (κ3) is 3.23. The summed E-state index contributed by atoms with van der Waals surface area (Å²) in [7, 11) is 6.04. The monoisotopic (exact) mass is 276 g/mol. The molecule has 0 aliphatic rings. The molecule has 4 nitrogen and oxygen atoms in total. The van der Waals surface area contributed by atoms with E-state index in [1.807, 2.05) is 32.2 Å². The SMILES string of the molecule is CSc1ccc(NCc2cnc(N(C)C)n2C)cc1. The number of nitrogens with zero attached hydrogens (tertiary/aromatic N) is 3. The van der Waals surface area contributed by atoms with Gasteiger partial charge in [-0.15, -0.1) is 11.8 Å². The molecule has 0 saturated heterocycles. The molecule has 0 unspecified atom stereocenters. The smallest absolute Gasteiger partial charge is 0.204 e. The van der Waals surface area contributed by atoms with E-state index >= 15 is 0 Å². The van der Waals surface area contributed by atoms with Gasteiger partial charge in [0.05, 0.1) is 18.4 Å². The predicted molar refractivity (Wildman–Crippen MR) is 83.1 cm³/mol. The molecule has 0 bridgehead atoms. The summed E-state index contributed by atoms with van der Waals surface area (Å²) in [5.74, 6) is 0.967. The molecule has 1 N–H and O–H groups in total. The molecule has 19 heavy (non-hydrogen) atoms. The Labute approximate surface area is 118 Å². The fraction of sp³-hybridized carbons (Fsp3) is 0.357. The van der Waals surface area contributed by atoms with E-state index in [0.717, 1.165) is 23.9 Å². The van der Waals surface area contributed by atoms with Crippen molar-refractivity contribution in [1.82, 2.24) is 9.55 Å². The number of imidazole rings is 1. The lowest BCUT2D eigenvalue weighted by atomic mass is 10.3. The second-order valence-corrected chi connectivity index (χ2v) is 5.46. The summed E-state index contributed by atoms with van der Waals surface area (Å²) in [6.45, 7) is 0.774. The Kier molecular flexibility index (Phi) is 4.37. The molecule has 2 rings (SSSR count). The molecule has 0 aliphatic heterocycles. The van der Waals surface area contributed by atoms with Crippen molar-refractivity contribution in [1.29, 1.82) is 0 Å². The fourth-order valence-electron chi connectivity index (χ4n) is 1.92. The zero-order chi connectivity index (χ0) is 13.8. The van der Waals surface area contributed by atoms with Crippen molar-refractivity contribution in [2.75, 3.05) is 30.6 Å². The summed E-state index contributed by atoms with van der Waals surface area (Å²) in [4.78, 5) is 7.69. The Morgan fingerprint density at radius 1 is 1.26 bits per heavy atom. The largest absolute Gasteiger partial charge is 0.379 e. The number of benzene rings is 1. The number of rotatable bonds is 5. The van der Waals surface area contributed by atoms with Gasteiger partial charge in [-0.25, -0.2) is 4.98 Å². The lowest BCUT2D eigenvalue weighted by Crippen LogP contribution is -2.15. The van der Waals surface area contributed by atoms with E-state index in [9.17, 15) is 0 Å². The van der Waals surface area contributed by atoms with Crippen LogP contribution in [-0.4, -0.2) is 29.9 Å². The maximum Gasteiger partial charge on any atom is 0.204 e. The van der Waals surface area contributed by atoms with Crippen molar-refractivity contribution in [3.8, 4) is 0 Å². The Balaban J connectivity index is 2.02. The third-order valence-corrected chi connectivity index (χ3v) is 3.77. The van der Waals surface area contributed by atoms with Gasteiger partial charge in [0.1, 0.15) is 0 Å². The molecule has 102 valence electrons. The van der Waals surface area contributed by atoms with Crippen LogP contribution < -0.4 is 10.2 Å². The molecule has 0 radical (unpaired) electrons. The summed E-state index contributed by atoms with van der Waals surface area (Å²) in [5.41, 5.74) is 2.29. The van der Waals surface area contributed by atoms with Gasteiger partial charge in [-0.1, -0.05) is 0 Å². The molecule has 1 aromatic heterocycles. The van der Waals surface area contributed by atoms with Crippen molar-refractivity contribution >= 4 is 23.4 Å². The van der Waals surface area contributed by atoms with E-state index in [1.165, 1.54) is 4.90 Å². The Hall–Kier alpha value is -1.62. The van der Waals surface area contributed by atoms with E-state index < -0.39 is 0 Å². The number of anilines is 2. The lowest BCUT2D eigenvalue weighted by molar-refractivity contribution is 0.814. The number of nitrogens with one attached hydrogen (secondary N) is 1. The topological polar surface area (TPSA) is 33.1 Å². The molecule has 2 aromatic rings. The first-order valence-electron chi connectivity index (χ1n) is 6.17. The predicted octanol–water partition coefficient (Wildman–Crippen LogP) is 2.82. The second-order valence-electron chi connectivity index (χ2n) is 4.59. The summed E-state index contributed by atoms with van der Waals surface area (Å²) < 4.78 is 2.10. The van der Waals surface area contributed by atoms with Gasteiger partial charge >= 0.3 is 0 Å². The highest BCUT2D eigenvalue weighted by molar-refractivity contribution is 7.98. The summed E-state index contributed by atoms with van der Waals surface area (Å²) in [6, 6.07) is 8.47. The Morgan fingerprint density at radius 3 is 2.47 bits per heavy atom. The zero-order valence-corrected chi connectivity index (χ0v) is 12.7. The Bertz CT molecular complexity index is 531. The van der Waals surface area contributed by atoms with E-state index in [1.54, 1.807) is 11.8 Å². The van der Waals surface area contributed by atoms with Gasteiger partial charge in [-0.2, -0.15) is 0 Å².